The highest BCUT2D eigenvalue weighted by molar-refractivity contribution is 6.25. The molecule has 0 radical (unpaired) electrons. The molecular formula is C36H31N5. The van der Waals surface area contributed by atoms with Crippen LogP contribution in [0.1, 0.15) is 20.8 Å². The number of rotatable bonds is 5. The van der Waals surface area contributed by atoms with E-state index in [-0.39, 0.29) is 0 Å². The largest absolute Gasteiger partial charge is 0.317 e. The number of pyridine rings is 1. The van der Waals surface area contributed by atoms with Crippen LogP contribution in [-0.2, 0) is 0 Å². The van der Waals surface area contributed by atoms with Crippen molar-refractivity contribution in [1.82, 2.24) is 24.1 Å². The van der Waals surface area contributed by atoms with Crippen LogP contribution in [0, 0.1) is 0 Å². The summed E-state index contributed by atoms with van der Waals surface area (Å²) < 4.78 is 4.47. The lowest BCUT2D eigenvalue weighted by Gasteiger charge is -2.10. The molecule has 0 fully saturated rings. The van der Waals surface area contributed by atoms with Crippen LogP contribution >= 0.6 is 0 Å². The first-order valence-electron chi connectivity index (χ1n) is 13.9. The molecule has 0 N–H and O–H groups in total. The number of fused-ring (bicyclic) bond motifs is 7. The Labute approximate surface area is 239 Å². The van der Waals surface area contributed by atoms with Crippen LogP contribution in [0.2, 0.25) is 0 Å². The molecule has 4 heterocycles. The SMILES string of the molecule is C=C/C=C(\C=C/C)n1ccc2c3ccc4c(c3ccc21)c1ccccc1n4-c1cnc(-c2cccnc2)nc1.CC. The Morgan fingerprint density at radius 1 is 0.756 bits per heavy atom. The predicted molar refractivity (Wildman–Crippen MR) is 173 cm³/mol. The van der Waals surface area contributed by atoms with Crippen molar-refractivity contribution in [2.45, 2.75) is 20.8 Å². The van der Waals surface area contributed by atoms with Crippen molar-refractivity contribution in [3.63, 3.8) is 0 Å². The van der Waals surface area contributed by atoms with Gasteiger partial charge in [0.1, 0.15) is 0 Å². The Morgan fingerprint density at radius 3 is 2.29 bits per heavy atom. The second kappa shape index (κ2) is 11.1. The Bertz CT molecular complexity index is 2070. The molecule has 7 aromatic rings. The third-order valence-electron chi connectivity index (χ3n) is 7.22. The highest BCUT2D eigenvalue weighted by atomic mass is 15.0. The molecule has 7 rings (SSSR count). The van der Waals surface area contributed by atoms with E-state index in [1.54, 1.807) is 12.4 Å². The number of benzene rings is 3. The predicted octanol–water partition coefficient (Wildman–Crippen LogP) is 9.37. The standard InChI is InChI=1S/C34H25N5.C2H6/c1-3-8-24(9-4-2)38-19-17-27-26-13-16-32-33(28(26)14-15-30(27)38)29-11-5-6-12-31(29)39(32)25-21-36-34(37-22-25)23-10-7-18-35-20-23;1-2/h3-22H,1H2,2H3;1-2H3/b9-4-,24-8+;. The molecule has 5 nitrogen and oxygen atoms in total. The van der Waals surface area contributed by atoms with E-state index >= 15 is 0 Å². The molecule has 200 valence electrons. The minimum Gasteiger partial charge on any atom is -0.317 e. The lowest BCUT2D eigenvalue weighted by molar-refractivity contribution is 1.08. The van der Waals surface area contributed by atoms with Crippen LogP contribution in [0.15, 0.2) is 129 Å². The molecule has 0 unspecified atom stereocenters. The van der Waals surface area contributed by atoms with Crippen molar-refractivity contribution in [2.24, 2.45) is 0 Å². The van der Waals surface area contributed by atoms with Gasteiger partial charge in [0.15, 0.2) is 5.82 Å². The number of hydrogen-bond acceptors (Lipinski definition) is 3. The molecule has 0 amide bonds. The first-order chi connectivity index (χ1) is 20.3. The van der Waals surface area contributed by atoms with E-state index in [0.29, 0.717) is 5.82 Å². The second-order valence-corrected chi connectivity index (χ2v) is 9.43. The van der Waals surface area contributed by atoms with Crippen LogP contribution in [-0.4, -0.2) is 24.1 Å². The lowest BCUT2D eigenvalue weighted by Crippen LogP contribution is -1.98. The van der Waals surface area contributed by atoms with Gasteiger partial charge in [-0.15, -0.1) is 0 Å². The smallest absolute Gasteiger partial charge is 0.160 e. The molecule has 0 aliphatic heterocycles. The third kappa shape index (κ3) is 4.32. The van der Waals surface area contributed by atoms with E-state index in [1.165, 1.54) is 26.9 Å². The fourth-order valence-electron chi connectivity index (χ4n) is 5.59. The second-order valence-electron chi connectivity index (χ2n) is 9.43. The minimum atomic E-state index is 0.660. The van der Waals surface area contributed by atoms with Gasteiger partial charge in [-0.05, 0) is 66.2 Å². The monoisotopic (exact) mass is 533 g/mol. The number of para-hydroxylation sites is 1. The highest BCUT2D eigenvalue weighted by Gasteiger charge is 2.17. The van der Waals surface area contributed by atoms with Gasteiger partial charge < -0.3 is 9.13 Å². The molecule has 0 saturated carbocycles. The van der Waals surface area contributed by atoms with Crippen LogP contribution in [0.3, 0.4) is 0 Å². The molecule has 41 heavy (non-hydrogen) atoms. The Kier molecular flexibility index (Phi) is 7.00. The van der Waals surface area contributed by atoms with E-state index in [2.05, 4.69) is 97.5 Å². The molecule has 0 aliphatic carbocycles. The van der Waals surface area contributed by atoms with Crippen LogP contribution in [0.25, 0.3) is 66.3 Å². The molecule has 0 spiro atoms. The van der Waals surface area contributed by atoms with Gasteiger partial charge in [0.2, 0.25) is 0 Å². The summed E-state index contributed by atoms with van der Waals surface area (Å²) in [5, 5.41) is 6.10. The van der Waals surface area contributed by atoms with Crippen molar-refractivity contribution >= 4 is 49.2 Å². The van der Waals surface area contributed by atoms with Gasteiger partial charge in [-0.25, -0.2) is 9.97 Å². The topological polar surface area (TPSA) is 48.5 Å². The Morgan fingerprint density at radius 2 is 1.54 bits per heavy atom. The summed E-state index contributed by atoms with van der Waals surface area (Å²) in [7, 11) is 0. The number of aromatic nitrogens is 5. The lowest BCUT2D eigenvalue weighted by atomic mass is 10.0. The van der Waals surface area contributed by atoms with Gasteiger partial charge in [-0.2, -0.15) is 0 Å². The number of nitrogens with zero attached hydrogens (tertiary/aromatic N) is 5. The van der Waals surface area contributed by atoms with Gasteiger partial charge in [-0.3, -0.25) is 4.98 Å². The van der Waals surface area contributed by atoms with Crippen molar-refractivity contribution < 1.29 is 0 Å². The number of hydrogen-bond donors (Lipinski definition) is 0. The van der Waals surface area contributed by atoms with Crippen LogP contribution in [0.5, 0.6) is 0 Å². The fourth-order valence-corrected chi connectivity index (χ4v) is 5.59. The van der Waals surface area contributed by atoms with Gasteiger partial charge >= 0.3 is 0 Å². The van der Waals surface area contributed by atoms with Gasteiger partial charge in [-0.1, -0.05) is 62.9 Å². The van der Waals surface area contributed by atoms with Crippen LogP contribution < -0.4 is 0 Å². The Balaban J connectivity index is 0.00000148. The highest BCUT2D eigenvalue weighted by Crippen LogP contribution is 2.39. The van der Waals surface area contributed by atoms with Crippen molar-refractivity contribution in [1.29, 1.82) is 0 Å². The maximum absolute atomic E-state index is 4.68. The third-order valence-corrected chi connectivity index (χ3v) is 7.22. The molecule has 4 aromatic heterocycles. The molecule has 3 aromatic carbocycles. The zero-order valence-electron chi connectivity index (χ0n) is 23.5. The average molecular weight is 534 g/mol. The van der Waals surface area contributed by atoms with E-state index in [1.807, 2.05) is 63.5 Å². The van der Waals surface area contributed by atoms with Crippen LogP contribution in [0.4, 0.5) is 0 Å². The first-order valence-corrected chi connectivity index (χ1v) is 13.9. The molecule has 0 atom stereocenters. The van der Waals surface area contributed by atoms with Gasteiger partial charge in [0, 0.05) is 46.0 Å². The van der Waals surface area contributed by atoms with Crippen molar-refractivity contribution in [3.05, 3.63) is 129 Å². The molecule has 0 aliphatic rings. The number of allylic oxidation sites excluding steroid dienone is 5. The fraction of sp³-hybridized carbons (Fsp3) is 0.0833. The van der Waals surface area contributed by atoms with E-state index in [9.17, 15) is 0 Å². The zero-order chi connectivity index (χ0) is 28.3. The first kappa shape index (κ1) is 26.0. The van der Waals surface area contributed by atoms with E-state index in [4.69, 9.17) is 0 Å². The summed E-state index contributed by atoms with van der Waals surface area (Å²) >= 11 is 0. The van der Waals surface area contributed by atoms with E-state index in [0.717, 1.165) is 33.5 Å². The minimum absolute atomic E-state index is 0.660. The van der Waals surface area contributed by atoms with Crippen molar-refractivity contribution in [3.8, 4) is 17.1 Å². The summed E-state index contributed by atoms with van der Waals surface area (Å²) in [6.07, 6.45) is 17.5. The van der Waals surface area contributed by atoms with Gasteiger partial charge in [0.05, 0.1) is 34.6 Å². The maximum Gasteiger partial charge on any atom is 0.160 e. The summed E-state index contributed by atoms with van der Waals surface area (Å²) in [5.74, 6) is 0.660. The average Bonchev–Trinajstić information content (AvgIpc) is 3.62. The molecule has 0 bridgehead atoms. The quantitative estimate of drug-likeness (QED) is 0.207. The summed E-state index contributed by atoms with van der Waals surface area (Å²) in [6, 6.07) is 23.5. The van der Waals surface area contributed by atoms with Crippen molar-refractivity contribution in [2.75, 3.05) is 0 Å². The molecule has 5 heteroatoms. The summed E-state index contributed by atoms with van der Waals surface area (Å²) in [6.45, 7) is 9.93. The zero-order valence-corrected chi connectivity index (χ0v) is 23.5. The summed E-state index contributed by atoms with van der Waals surface area (Å²) in [5.41, 5.74) is 6.31. The van der Waals surface area contributed by atoms with Gasteiger partial charge in [0.25, 0.3) is 0 Å². The summed E-state index contributed by atoms with van der Waals surface area (Å²) in [4.78, 5) is 13.6. The molecule has 0 saturated heterocycles. The normalized spacial score (nSPS) is 11.9. The maximum atomic E-state index is 4.68. The van der Waals surface area contributed by atoms with E-state index < -0.39 is 0 Å². The molecular weight excluding hydrogens is 502 g/mol. The Hall–Kier alpha value is -5.29.